The van der Waals surface area contributed by atoms with Gasteiger partial charge in [0.15, 0.2) is 0 Å². The first-order chi connectivity index (χ1) is 10.6. The minimum Gasteiger partial charge on any atom is -0.419 e. The third-order valence-electron chi connectivity index (χ3n) is 3.98. The maximum Gasteiger partial charge on any atom is 0.235 e. The van der Waals surface area contributed by atoms with E-state index in [2.05, 4.69) is 29.8 Å². The second-order valence-corrected chi connectivity index (χ2v) is 6.52. The van der Waals surface area contributed by atoms with Crippen molar-refractivity contribution in [1.82, 2.24) is 4.98 Å². The summed E-state index contributed by atoms with van der Waals surface area (Å²) in [5, 5.41) is 9.95. The largest absolute Gasteiger partial charge is 0.419 e. The minimum atomic E-state index is 0.330. The van der Waals surface area contributed by atoms with E-state index in [0.29, 0.717) is 39.9 Å². The number of hydrogen-bond acceptors (Lipinski definition) is 4. The predicted molar refractivity (Wildman–Crippen MR) is 86.8 cm³/mol. The van der Waals surface area contributed by atoms with Crippen LogP contribution in [0.2, 0.25) is 5.02 Å². The number of halogens is 1. The topological polar surface area (TPSA) is 53.1 Å². The van der Waals surface area contributed by atoms with E-state index in [-0.39, 0.29) is 0 Å². The zero-order valence-corrected chi connectivity index (χ0v) is 13.5. The Kier molecular flexibility index (Phi) is 4.08. The molecular weight excluding hydrogens is 298 g/mol. The van der Waals surface area contributed by atoms with Crippen LogP contribution in [-0.2, 0) is 0 Å². The van der Waals surface area contributed by atoms with Crippen LogP contribution in [0.15, 0.2) is 28.7 Å². The van der Waals surface area contributed by atoms with E-state index < -0.39 is 0 Å². The van der Waals surface area contributed by atoms with E-state index in [0.717, 1.165) is 13.1 Å². The number of oxazole rings is 1. The first-order valence-electron chi connectivity index (χ1n) is 7.49. The molecule has 0 spiro atoms. The van der Waals surface area contributed by atoms with Crippen LogP contribution < -0.4 is 4.90 Å². The summed E-state index contributed by atoms with van der Waals surface area (Å²) in [6, 6.07) is 9.51. The lowest BCUT2D eigenvalue weighted by molar-refractivity contribution is 0.344. The monoisotopic (exact) mass is 315 g/mol. The van der Waals surface area contributed by atoms with Crippen molar-refractivity contribution >= 4 is 17.5 Å². The van der Waals surface area contributed by atoms with Gasteiger partial charge in [0.25, 0.3) is 0 Å². The van der Waals surface area contributed by atoms with E-state index in [1.54, 1.807) is 6.07 Å². The molecule has 0 saturated carbocycles. The Labute approximate surface area is 135 Å². The van der Waals surface area contributed by atoms with Crippen molar-refractivity contribution in [2.45, 2.75) is 20.3 Å². The number of rotatable bonds is 2. The van der Waals surface area contributed by atoms with Crippen molar-refractivity contribution < 1.29 is 4.42 Å². The predicted octanol–water partition coefficient (Wildman–Crippen LogP) is 4.35. The van der Waals surface area contributed by atoms with E-state index in [9.17, 15) is 5.26 Å². The zero-order chi connectivity index (χ0) is 15.7. The molecule has 2 heterocycles. The second kappa shape index (κ2) is 6.02. The number of aromatic nitrogens is 1. The van der Waals surface area contributed by atoms with Crippen molar-refractivity contribution in [3.8, 4) is 17.5 Å². The van der Waals surface area contributed by atoms with Gasteiger partial charge in [-0.3, -0.25) is 0 Å². The Balaban J connectivity index is 1.99. The molecule has 0 radical (unpaired) electrons. The van der Waals surface area contributed by atoms with Crippen molar-refractivity contribution in [1.29, 1.82) is 5.26 Å². The van der Waals surface area contributed by atoms with E-state index in [4.69, 9.17) is 16.0 Å². The molecule has 2 atom stereocenters. The molecule has 1 saturated heterocycles. The van der Waals surface area contributed by atoms with Crippen LogP contribution in [0.25, 0.3) is 11.5 Å². The maximum absolute atomic E-state index is 9.38. The molecule has 1 aromatic carbocycles. The number of anilines is 1. The van der Waals surface area contributed by atoms with Crippen LogP contribution in [0.5, 0.6) is 0 Å². The molecule has 3 rings (SSSR count). The number of nitrogens with zero attached hydrogens (tertiary/aromatic N) is 3. The van der Waals surface area contributed by atoms with Gasteiger partial charge in [0.2, 0.25) is 17.5 Å². The molecule has 1 fully saturated rings. The highest BCUT2D eigenvalue weighted by Crippen LogP contribution is 2.34. The summed E-state index contributed by atoms with van der Waals surface area (Å²) in [4.78, 5) is 6.46. The van der Waals surface area contributed by atoms with Gasteiger partial charge in [0.1, 0.15) is 6.07 Å². The van der Waals surface area contributed by atoms with Gasteiger partial charge in [0.05, 0.1) is 10.6 Å². The van der Waals surface area contributed by atoms with Crippen LogP contribution >= 0.6 is 11.6 Å². The third kappa shape index (κ3) is 2.82. The Morgan fingerprint density at radius 1 is 1.27 bits per heavy atom. The lowest BCUT2D eigenvalue weighted by atomic mass is 9.92. The SMILES string of the molecule is C[C@@H]1C[C@@H](C)CN(c2oc(-c3ccccc3Cl)nc2C#N)C1. The van der Waals surface area contributed by atoms with Gasteiger partial charge < -0.3 is 9.32 Å². The maximum atomic E-state index is 9.38. The van der Waals surface area contributed by atoms with Crippen molar-refractivity contribution in [2.75, 3.05) is 18.0 Å². The van der Waals surface area contributed by atoms with Gasteiger partial charge in [-0.25, -0.2) is 0 Å². The molecule has 2 aromatic rings. The van der Waals surface area contributed by atoms with Gasteiger partial charge in [-0.1, -0.05) is 37.6 Å². The van der Waals surface area contributed by atoms with Gasteiger partial charge >= 0.3 is 0 Å². The number of benzene rings is 1. The molecule has 4 nitrogen and oxygen atoms in total. The fourth-order valence-corrected chi connectivity index (χ4v) is 3.39. The average Bonchev–Trinajstić information content (AvgIpc) is 2.91. The first kappa shape index (κ1) is 14.9. The normalized spacial score (nSPS) is 21.6. The fraction of sp³-hybridized carbons (Fsp3) is 0.412. The second-order valence-electron chi connectivity index (χ2n) is 6.12. The quantitative estimate of drug-likeness (QED) is 0.826. The number of hydrogen-bond donors (Lipinski definition) is 0. The van der Waals surface area contributed by atoms with Gasteiger partial charge in [-0.2, -0.15) is 10.2 Å². The Morgan fingerprint density at radius 2 is 1.95 bits per heavy atom. The summed E-state index contributed by atoms with van der Waals surface area (Å²) in [5.74, 6) is 2.12. The van der Waals surface area contributed by atoms with Crippen LogP contribution in [0.4, 0.5) is 5.88 Å². The van der Waals surface area contributed by atoms with Crippen LogP contribution in [-0.4, -0.2) is 18.1 Å². The molecule has 0 amide bonds. The van der Waals surface area contributed by atoms with Crippen LogP contribution in [0.1, 0.15) is 26.0 Å². The molecule has 1 aliphatic heterocycles. The molecule has 5 heteroatoms. The highest BCUT2D eigenvalue weighted by Gasteiger charge is 2.28. The fourth-order valence-electron chi connectivity index (χ4n) is 3.18. The van der Waals surface area contributed by atoms with Gasteiger partial charge in [0, 0.05) is 13.1 Å². The Bertz CT molecular complexity index is 709. The summed E-state index contributed by atoms with van der Waals surface area (Å²) < 4.78 is 5.92. The van der Waals surface area contributed by atoms with E-state index >= 15 is 0 Å². The smallest absolute Gasteiger partial charge is 0.235 e. The third-order valence-corrected chi connectivity index (χ3v) is 4.31. The highest BCUT2D eigenvalue weighted by atomic mass is 35.5. The Morgan fingerprint density at radius 3 is 2.59 bits per heavy atom. The molecule has 0 aliphatic carbocycles. The van der Waals surface area contributed by atoms with Crippen LogP contribution in [0.3, 0.4) is 0 Å². The molecule has 1 aliphatic rings. The number of nitriles is 1. The van der Waals surface area contributed by atoms with Crippen molar-refractivity contribution in [2.24, 2.45) is 11.8 Å². The average molecular weight is 316 g/mol. The molecule has 0 bridgehead atoms. The van der Waals surface area contributed by atoms with Crippen molar-refractivity contribution in [3.63, 3.8) is 0 Å². The summed E-state index contributed by atoms with van der Waals surface area (Å²) in [6.45, 7) is 6.21. The zero-order valence-electron chi connectivity index (χ0n) is 12.7. The molecule has 0 N–H and O–H groups in total. The molecular formula is C17H18ClN3O. The summed E-state index contributed by atoms with van der Waals surface area (Å²) in [5.41, 5.74) is 1.04. The summed E-state index contributed by atoms with van der Waals surface area (Å²) in [6.07, 6.45) is 1.20. The minimum absolute atomic E-state index is 0.330. The lowest BCUT2D eigenvalue weighted by Crippen LogP contribution is -2.38. The van der Waals surface area contributed by atoms with E-state index in [1.807, 2.05) is 18.2 Å². The van der Waals surface area contributed by atoms with E-state index in [1.165, 1.54) is 6.42 Å². The molecule has 0 unspecified atom stereocenters. The van der Waals surface area contributed by atoms with Crippen LogP contribution in [0, 0.1) is 23.2 Å². The molecule has 1 aromatic heterocycles. The van der Waals surface area contributed by atoms with Gasteiger partial charge in [-0.15, -0.1) is 0 Å². The van der Waals surface area contributed by atoms with Crippen molar-refractivity contribution in [3.05, 3.63) is 35.0 Å². The lowest BCUT2D eigenvalue weighted by Gasteiger charge is -2.34. The molecule has 22 heavy (non-hydrogen) atoms. The summed E-state index contributed by atoms with van der Waals surface area (Å²) >= 11 is 6.20. The first-order valence-corrected chi connectivity index (χ1v) is 7.87. The summed E-state index contributed by atoms with van der Waals surface area (Å²) in [7, 11) is 0. The molecule has 114 valence electrons. The highest BCUT2D eigenvalue weighted by molar-refractivity contribution is 6.33. The Hall–Kier alpha value is -1.99. The number of piperidine rings is 1. The standard InChI is InChI=1S/C17H18ClN3O/c1-11-7-12(2)10-21(9-11)17-15(8-19)20-16(22-17)13-5-3-4-6-14(13)18/h3-6,11-12H,7,9-10H2,1-2H3/t11-,12-/m1/s1. The van der Waals surface area contributed by atoms with Gasteiger partial charge in [-0.05, 0) is 30.4 Å².